The second kappa shape index (κ2) is 8.86. The van der Waals surface area contributed by atoms with Gasteiger partial charge in [0.2, 0.25) is 0 Å². The van der Waals surface area contributed by atoms with Crippen LogP contribution in [0.2, 0.25) is 0 Å². The number of nitrogens with zero attached hydrogens (tertiary/aromatic N) is 1. The van der Waals surface area contributed by atoms with E-state index in [1.165, 1.54) is 0 Å². The minimum absolute atomic E-state index is 0.107. The Kier molecular flexibility index (Phi) is 6.42. The van der Waals surface area contributed by atoms with Crippen molar-refractivity contribution in [1.82, 2.24) is 15.3 Å². The molecule has 0 bridgehead atoms. The molecule has 10 heteroatoms. The molecule has 3 aromatic rings. The number of fused-ring (bicyclic) bond motifs is 1. The van der Waals surface area contributed by atoms with Crippen molar-refractivity contribution in [1.29, 1.82) is 0 Å². The molecule has 2 amide bonds. The molecule has 0 aliphatic carbocycles. The van der Waals surface area contributed by atoms with E-state index in [9.17, 15) is 19.5 Å². The van der Waals surface area contributed by atoms with E-state index in [2.05, 4.69) is 20.6 Å². The number of hydrogen-bond acceptors (Lipinski definition) is 6. The molecule has 1 aromatic carbocycles. The zero-order chi connectivity index (χ0) is 22.8. The van der Waals surface area contributed by atoms with Gasteiger partial charge in [-0.05, 0) is 63.9 Å². The van der Waals surface area contributed by atoms with E-state index in [1.807, 2.05) is 20.8 Å². The number of H-pyrrole nitrogens is 1. The highest BCUT2D eigenvalue weighted by Crippen LogP contribution is 2.26. The van der Waals surface area contributed by atoms with Crippen molar-refractivity contribution < 1.29 is 19.5 Å². The molecule has 0 aliphatic rings. The maximum Gasteiger partial charge on any atom is 0.352 e. The molecule has 0 atom stereocenters. The number of rotatable bonds is 7. The summed E-state index contributed by atoms with van der Waals surface area (Å²) < 4.78 is 0. The fraction of sp³-hybridized carbons (Fsp3) is 0.333. The van der Waals surface area contributed by atoms with Crippen LogP contribution < -0.4 is 16.4 Å². The predicted octanol–water partition coefficient (Wildman–Crippen LogP) is 2.99. The minimum atomic E-state index is -1.06. The van der Waals surface area contributed by atoms with Gasteiger partial charge < -0.3 is 21.1 Å². The Balaban J connectivity index is 1.83. The van der Waals surface area contributed by atoms with E-state index in [0.717, 1.165) is 11.3 Å². The third-order valence-corrected chi connectivity index (χ3v) is 5.22. The lowest BCUT2D eigenvalue weighted by atomic mass is 10.0. The zero-order valence-corrected chi connectivity index (χ0v) is 18.4. The second-order valence-electron chi connectivity index (χ2n) is 8.13. The van der Waals surface area contributed by atoms with Gasteiger partial charge in [0.05, 0.1) is 0 Å². The molecule has 2 heterocycles. The van der Waals surface area contributed by atoms with Crippen molar-refractivity contribution >= 4 is 45.2 Å². The zero-order valence-electron chi connectivity index (χ0n) is 17.5. The van der Waals surface area contributed by atoms with E-state index in [4.69, 9.17) is 5.73 Å². The van der Waals surface area contributed by atoms with Crippen molar-refractivity contribution in [2.45, 2.75) is 39.2 Å². The molecule has 0 saturated heterocycles. The van der Waals surface area contributed by atoms with Crippen molar-refractivity contribution in [2.24, 2.45) is 5.73 Å². The molecule has 0 radical (unpaired) electrons. The van der Waals surface area contributed by atoms with E-state index in [-0.39, 0.29) is 17.3 Å². The molecule has 3 rings (SSSR count). The number of thiazole rings is 1. The lowest BCUT2D eigenvalue weighted by Gasteiger charge is -2.19. The molecule has 0 unspecified atom stereocenters. The number of amides is 2. The molecule has 0 fully saturated rings. The number of nitrogens with one attached hydrogen (secondary N) is 3. The summed E-state index contributed by atoms with van der Waals surface area (Å²) in [4.78, 5) is 43.6. The number of benzene rings is 1. The number of aromatic carboxylic acids is 1. The first-order valence-electron chi connectivity index (χ1n) is 9.76. The fourth-order valence-corrected chi connectivity index (χ4v) is 3.81. The van der Waals surface area contributed by atoms with Crippen LogP contribution in [0.5, 0.6) is 0 Å². The highest BCUT2D eigenvalue weighted by atomic mass is 32.1. The van der Waals surface area contributed by atoms with E-state index >= 15 is 0 Å². The second-order valence-corrected chi connectivity index (χ2v) is 8.99. The topological polar surface area (TPSA) is 150 Å². The number of carbonyl (C=O) groups is 3. The van der Waals surface area contributed by atoms with Gasteiger partial charge >= 0.3 is 5.97 Å². The highest BCUT2D eigenvalue weighted by molar-refractivity contribution is 7.14. The maximum atomic E-state index is 12.7. The summed E-state index contributed by atoms with van der Waals surface area (Å²) in [6, 6.07) is 4.93. The van der Waals surface area contributed by atoms with Crippen LogP contribution in [0.15, 0.2) is 23.6 Å². The Morgan fingerprint density at radius 2 is 1.97 bits per heavy atom. The first-order valence-corrected chi connectivity index (χ1v) is 10.6. The molecule has 0 aliphatic heterocycles. The molecular weight excluding hydrogens is 418 g/mol. The molecule has 31 heavy (non-hydrogen) atoms. The van der Waals surface area contributed by atoms with Gasteiger partial charge in [-0.25, -0.2) is 9.78 Å². The Morgan fingerprint density at radius 3 is 2.61 bits per heavy atom. The van der Waals surface area contributed by atoms with Crippen LogP contribution >= 0.6 is 11.3 Å². The molecule has 9 nitrogen and oxygen atoms in total. The summed E-state index contributed by atoms with van der Waals surface area (Å²) in [5.41, 5.74) is 7.13. The van der Waals surface area contributed by atoms with Gasteiger partial charge in [0.25, 0.3) is 11.8 Å². The van der Waals surface area contributed by atoms with Crippen LogP contribution in [0.1, 0.15) is 64.1 Å². The summed E-state index contributed by atoms with van der Waals surface area (Å²) in [5, 5.41) is 17.5. The van der Waals surface area contributed by atoms with Gasteiger partial charge in [-0.3, -0.25) is 14.9 Å². The van der Waals surface area contributed by atoms with Gasteiger partial charge in [-0.1, -0.05) is 0 Å². The van der Waals surface area contributed by atoms with Crippen LogP contribution in [0.25, 0.3) is 10.9 Å². The van der Waals surface area contributed by atoms with Gasteiger partial charge in [0.15, 0.2) is 5.13 Å². The number of carboxylic acid groups (broad SMARTS) is 1. The third-order valence-electron chi connectivity index (χ3n) is 4.46. The third kappa shape index (κ3) is 5.28. The molecule has 164 valence electrons. The summed E-state index contributed by atoms with van der Waals surface area (Å²) in [6.45, 7) is 6.04. The minimum Gasteiger partial charge on any atom is -0.477 e. The average molecular weight is 444 g/mol. The highest BCUT2D eigenvalue weighted by Gasteiger charge is 2.20. The Morgan fingerprint density at radius 1 is 1.23 bits per heavy atom. The first kappa shape index (κ1) is 22.4. The summed E-state index contributed by atoms with van der Waals surface area (Å²) in [7, 11) is 0. The molecule has 2 aromatic heterocycles. The first-order chi connectivity index (χ1) is 14.6. The van der Waals surface area contributed by atoms with Gasteiger partial charge in [0.1, 0.15) is 11.4 Å². The van der Waals surface area contributed by atoms with Crippen molar-refractivity contribution in [2.75, 3.05) is 11.9 Å². The largest absolute Gasteiger partial charge is 0.477 e. The van der Waals surface area contributed by atoms with Crippen LogP contribution in [0.4, 0.5) is 5.13 Å². The summed E-state index contributed by atoms with van der Waals surface area (Å²) >= 11 is 1.15. The normalized spacial score (nSPS) is 11.5. The number of aromatic nitrogens is 2. The van der Waals surface area contributed by atoms with Crippen molar-refractivity contribution in [3.63, 3.8) is 0 Å². The number of anilines is 1. The Hall–Kier alpha value is -3.24. The molecular formula is C21H25N5O4S. The Bertz CT molecular complexity index is 1140. The SMILES string of the molecule is CC(C)(C)NC(=O)c1csc(NC(=O)c2ccc3[nH]c(C(=O)O)c(CCCN)c3c2)n1. The number of aromatic amines is 1. The molecule has 0 saturated carbocycles. The molecule has 6 N–H and O–H groups in total. The summed E-state index contributed by atoms with van der Waals surface area (Å²) in [5.74, 6) is -1.77. The van der Waals surface area contributed by atoms with Crippen LogP contribution in [0.3, 0.4) is 0 Å². The maximum absolute atomic E-state index is 12.7. The van der Waals surface area contributed by atoms with Crippen LogP contribution in [0, 0.1) is 0 Å². The number of hydrogen-bond donors (Lipinski definition) is 5. The monoisotopic (exact) mass is 443 g/mol. The van der Waals surface area contributed by atoms with E-state index < -0.39 is 17.4 Å². The molecule has 0 spiro atoms. The Labute approximate surface area is 183 Å². The number of carboxylic acids is 1. The summed E-state index contributed by atoms with van der Waals surface area (Å²) in [6.07, 6.45) is 1.12. The van der Waals surface area contributed by atoms with Crippen LogP contribution in [-0.4, -0.2) is 44.9 Å². The van der Waals surface area contributed by atoms with Crippen molar-refractivity contribution in [3.8, 4) is 0 Å². The van der Waals surface area contributed by atoms with Gasteiger partial charge in [-0.2, -0.15) is 0 Å². The van der Waals surface area contributed by atoms with E-state index in [1.54, 1.807) is 23.6 Å². The lowest BCUT2D eigenvalue weighted by Crippen LogP contribution is -2.40. The predicted molar refractivity (Wildman–Crippen MR) is 120 cm³/mol. The fourth-order valence-electron chi connectivity index (χ4n) is 3.12. The smallest absolute Gasteiger partial charge is 0.352 e. The van der Waals surface area contributed by atoms with Crippen molar-refractivity contribution in [3.05, 3.63) is 46.1 Å². The average Bonchev–Trinajstić information content (AvgIpc) is 3.29. The number of carbonyl (C=O) groups excluding carboxylic acids is 2. The van der Waals surface area contributed by atoms with Gasteiger partial charge in [-0.15, -0.1) is 11.3 Å². The van der Waals surface area contributed by atoms with Gasteiger partial charge in [0, 0.05) is 27.4 Å². The quantitative estimate of drug-likeness (QED) is 0.379. The number of aryl methyl sites for hydroxylation is 1. The number of nitrogens with two attached hydrogens (primary N) is 1. The van der Waals surface area contributed by atoms with E-state index in [0.29, 0.717) is 46.5 Å². The standard InChI is InChI=1S/C21H25N5O4S/c1-21(2,3)26-18(28)15-10-31-20(24-15)25-17(27)11-6-7-14-13(9-11)12(5-4-8-22)16(23-14)19(29)30/h6-7,9-10,23H,4-5,8,22H2,1-3H3,(H,26,28)(H,29,30)(H,24,25,27). The lowest BCUT2D eigenvalue weighted by molar-refractivity contribution is 0.0689. The van der Waals surface area contributed by atoms with Crippen LogP contribution in [-0.2, 0) is 6.42 Å².